The highest BCUT2D eigenvalue weighted by atomic mass is 35.5. The van der Waals surface area contributed by atoms with Crippen LogP contribution >= 0.6 is 34.3 Å². The third kappa shape index (κ3) is 3.86. The molecule has 4 heterocycles. The van der Waals surface area contributed by atoms with E-state index >= 15 is 0 Å². The molecule has 1 N–H and O–H groups in total. The summed E-state index contributed by atoms with van der Waals surface area (Å²) in [5.41, 5.74) is 2.27. The quantitative estimate of drug-likeness (QED) is 0.476. The maximum Gasteiger partial charge on any atom is 0.260 e. The molecule has 1 aliphatic rings. The van der Waals surface area contributed by atoms with Gasteiger partial charge in [-0.1, -0.05) is 23.7 Å². The molecule has 0 saturated carbocycles. The van der Waals surface area contributed by atoms with E-state index in [0.29, 0.717) is 28.3 Å². The van der Waals surface area contributed by atoms with E-state index in [1.165, 1.54) is 11.3 Å². The van der Waals surface area contributed by atoms with E-state index in [2.05, 4.69) is 20.9 Å². The van der Waals surface area contributed by atoms with Gasteiger partial charge in [0, 0.05) is 42.0 Å². The number of aromatic nitrogens is 2. The van der Waals surface area contributed by atoms with Crippen LogP contribution in [0.15, 0.2) is 45.9 Å². The second kappa shape index (κ2) is 8.44. The van der Waals surface area contributed by atoms with Crippen LogP contribution in [0.3, 0.4) is 0 Å². The molecule has 0 spiro atoms. The first-order valence-electron chi connectivity index (χ1n) is 9.84. The smallest absolute Gasteiger partial charge is 0.260 e. The third-order valence-corrected chi connectivity index (χ3v) is 7.56. The number of benzene rings is 1. The summed E-state index contributed by atoms with van der Waals surface area (Å²) in [6.45, 7) is 3.77. The van der Waals surface area contributed by atoms with E-state index in [1.807, 2.05) is 35.0 Å². The summed E-state index contributed by atoms with van der Waals surface area (Å²) in [5, 5.41) is 14.6. The lowest BCUT2D eigenvalue weighted by molar-refractivity contribution is 0.244. The Labute approximate surface area is 192 Å². The number of nitrogens with zero attached hydrogens (tertiary/aromatic N) is 4. The van der Waals surface area contributed by atoms with Gasteiger partial charge in [-0.25, -0.2) is 4.98 Å². The van der Waals surface area contributed by atoms with Crippen LogP contribution in [-0.2, 0) is 6.54 Å². The Balaban J connectivity index is 1.31. The van der Waals surface area contributed by atoms with Gasteiger partial charge < -0.3 is 9.88 Å². The van der Waals surface area contributed by atoms with E-state index in [0.717, 1.165) is 47.1 Å². The molecule has 1 aliphatic heterocycles. The predicted molar refractivity (Wildman–Crippen MR) is 127 cm³/mol. The molecule has 0 radical (unpaired) electrons. The van der Waals surface area contributed by atoms with Crippen LogP contribution < -0.4 is 10.5 Å². The van der Waals surface area contributed by atoms with Gasteiger partial charge in [-0.05, 0) is 23.6 Å². The lowest BCUT2D eigenvalue weighted by Crippen LogP contribution is -2.46. The summed E-state index contributed by atoms with van der Waals surface area (Å²) in [7, 11) is 0. The Kier molecular flexibility index (Phi) is 5.50. The number of hydrogen-bond donors (Lipinski definition) is 1. The molecule has 31 heavy (non-hydrogen) atoms. The number of H-pyrrole nitrogens is 1. The summed E-state index contributed by atoms with van der Waals surface area (Å²) in [6, 6.07) is 11.8. The van der Waals surface area contributed by atoms with Crippen molar-refractivity contribution in [3.63, 3.8) is 0 Å². The normalized spacial score (nSPS) is 14.8. The van der Waals surface area contributed by atoms with E-state index in [1.54, 1.807) is 17.4 Å². The van der Waals surface area contributed by atoms with Crippen molar-refractivity contribution in [1.29, 1.82) is 5.26 Å². The van der Waals surface area contributed by atoms with Gasteiger partial charge in [-0.3, -0.25) is 9.69 Å². The number of nitriles is 1. The average Bonchev–Trinajstić information content (AvgIpc) is 3.44. The van der Waals surface area contributed by atoms with Crippen molar-refractivity contribution in [2.24, 2.45) is 0 Å². The Morgan fingerprint density at radius 1 is 1.16 bits per heavy atom. The van der Waals surface area contributed by atoms with E-state index in [-0.39, 0.29) is 5.56 Å². The average molecular weight is 468 g/mol. The minimum absolute atomic E-state index is 0.0825. The number of aromatic amines is 1. The van der Waals surface area contributed by atoms with Gasteiger partial charge in [0.05, 0.1) is 28.2 Å². The first kappa shape index (κ1) is 20.2. The first-order valence-corrected chi connectivity index (χ1v) is 12.0. The van der Waals surface area contributed by atoms with Crippen LogP contribution in [0.5, 0.6) is 0 Å². The number of thiophene rings is 2. The highest BCUT2D eigenvalue weighted by Crippen LogP contribution is 2.33. The third-order valence-electron chi connectivity index (χ3n) is 5.47. The molecule has 0 bridgehead atoms. The van der Waals surface area contributed by atoms with Crippen molar-refractivity contribution in [2.75, 3.05) is 31.1 Å². The molecule has 156 valence electrons. The molecule has 1 aromatic carbocycles. The molecule has 6 nitrogen and oxygen atoms in total. The Bertz CT molecular complexity index is 1330. The number of nitrogens with one attached hydrogen (secondary N) is 1. The van der Waals surface area contributed by atoms with Crippen molar-refractivity contribution in [1.82, 2.24) is 14.9 Å². The zero-order valence-electron chi connectivity index (χ0n) is 16.5. The van der Waals surface area contributed by atoms with Gasteiger partial charge in [0.1, 0.15) is 16.7 Å². The second-order valence-corrected chi connectivity index (χ2v) is 9.54. The number of hydrogen-bond acceptors (Lipinski definition) is 7. The molecule has 5 rings (SSSR count). The zero-order chi connectivity index (χ0) is 21.4. The standard InChI is InChI=1S/C22H18ClN5OS2/c23-16-3-1-4-17(14(16)11-24)28-8-6-27(7-9-28)12-19-25-21(29)20-15(13-31-22(20)26-19)18-5-2-10-30-18/h1-5,10,13H,6-9,12H2,(H,25,26,29). The molecule has 1 fully saturated rings. The van der Waals surface area contributed by atoms with E-state index in [9.17, 15) is 10.1 Å². The Morgan fingerprint density at radius 3 is 2.74 bits per heavy atom. The van der Waals surface area contributed by atoms with Gasteiger partial charge in [-0.15, -0.1) is 22.7 Å². The fourth-order valence-electron chi connectivity index (χ4n) is 3.93. The molecule has 3 aromatic heterocycles. The van der Waals surface area contributed by atoms with Crippen LogP contribution in [0, 0.1) is 11.3 Å². The summed E-state index contributed by atoms with van der Waals surface area (Å²) in [6.07, 6.45) is 0. The van der Waals surface area contributed by atoms with Gasteiger partial charge in [0.25, 0.3) is 5.56 Å². The molecular formula is C22H18ClN5OS2. The summed E-state index contributed by atoms with van der Waals surface area (Å²) < 4.78 is 0. The van der Waals surface area contributed by atoms with Crippen molar-refractivity contribution in [3.05, 3.63) is 67.9 Å². The fraction of sp³-hybridized carbons (Fsp3) is 0.227. The molecule has 0 atom stereocenters. The summed E-state index contributed by atoms with van der Waals surface area (Å²) in [4.78, 5) is 26.8. The van der Waals surface area contributed by atoms with Gasteiger partial charge >= 0.3 is 0 Å². The number of rotatable bonds is 4. The monoisotopic (exact) mass is 467 g/mol. The van der Waals surface area contributed by atoms with Gasteiger partial charge in [0.2, 0.25) is 0 Å². The van der Waals surface area contributed by atoms with Crippen LogP contribution in [0.2, 0.25) is 5.02 Å². The number of halogens is 1. The van der Waals surface area contributed by atoms with Gasteiger partial charge in [0.15, 0.2) is 0 Å². The maximum atomic E-state index is 12.8. The lowest BCUT2D eigenvalue weighted by atomic mass is 10.1. The summed E-state index contributed by atoms with van der Waals surface area (Å²) >= 11 is 9.32. The lowest BCUT2D eigenvalue weighted by Gasteiger charge is -2.36. The largest absolute Gasteiger partial charge is 0.368 e. The highest BCUT2D eigenvalue weighted by molar-refractivity contribution is 7.18. The second-order valence-electron chi connectivity index (χ2n) is 7.33. The Morgan fingerprint density at radius 2 is 2.00 bits per heavy atom. The molecule has 0 aliphatic carbocycles. The minimum atomic E-state index is -0.0825. The van der Waals surface area contributed by atoms with Crippen molar-refractivity contribution < 1.29 is 0 Å². The number of anilines is 1. The highest BCUT2D eigenvalue weighted by Gasteiger charge is 2.21. The van der Waals surface area contributed by atoms with Crippen LogP contribution in [0.1, 0.15) is 11.4 Å². The Hall–Kier alpha value is -2.70. The van der Waals surface area contributed by atoms with Crippen LogP contribution in [-0.4, -0.2) is 41.0 Å². The fourth-order valence-corrected chi connectivity index (χ4v) is 5.92. The summed E-state index contributed by atoms with van der Waals surface area (Å²) in [5.74, 6) is 0.686. The maximum absolute atomic E-state index is 12.8. The molecule has 1 saturated heterocycles. The van der Waals surface area contributed by atoms with Crippen LogP contribution in [0.4, 0.5) is 5.69 Å². The first-order chi connectivity index (χ1) is 15.1. The molecule has 0 unspecified atom stereocenters. The van der Waals surface area contributed by atoms with Gasteiger partial charge in [-0.2, -0.15) is 5.26 Å². The van der Waals surface area contributed by atoms with E-state index < -0.39 is 0 Å². The minimum Gasteiger partial charge on any atom is -0.368 e. The topological polar surface area (TPSA) is 76.0 Å². The van der Waals surface area contributed by atoms with Crippen molar-refractivity contribution in [3.8, 4) is 16.5 Å². The van der Waals surface area contributed by atoms with Crippen molar-refractivity contribution in [2.45, 2.75) is 6.54 Å². The zero-order valence-corrected chi connectivity index (χ0v) is 18.9. The number of piperazine rings is 1. The molecule has 4 aromatic rings. The number of fused-ring (bicyclic) bond motifs is 1. The predicted octanol–water partition coefficient (Wildman–Crippen LogP) is 4.56. The van der Waals surface area contributed by atoms with Crippen LogP contribution in [0.25, 0.3) is 20.7 Å². The van der Waals surface area contributed by atoms with E-state index in [4.69, 9.17) is 16.6 Å². The SMILES string of the molecule is N#Cc1c(Cl)cccc1N1CCN(Cc2nc3scc(-c4cccs4)c3c(=O)[nH]2)CC1. The molecule has 0 amide bonds. The molecule has 9 heteroatoms. The molecular weight excluding hydrogens is 450 g/mol. The van der Waals surface area contributed by atoms with Crippen molar-refractivity contribution >= 4 is 50.2 Å².